The minimum atomic E-state index is -0.384. The van der Waals surface area contributed by atoms with Gasteiger partial charge in [0.2, 0.25) is 0 Å². The Morgan fingerprint density at radius 3 is 2.71 bits per heavy atom. The van der Waals surface area contributed by atoms with Gasteiger partial charge in [0.15, 0.2) is 0 Å². The summed E-state index contributed by atoms with van der Waals surface area (Å²) in [5, 5.41) is 14.1. The van der Waals surface area contributed by atoms with Crippen molar-refractivity contribution in [1.29, 1.82) is 0 Å². The Kier molecular flexibility index (Phi) is 4.48. The zero-order valence-corrected chi connectivity index (χ0v) is 9.84. The Hall–Kier alpha value is -0.480. The van der Waals surface area contributed by atoms with Crippen molar-refractivity contribution in [3.8, 4) is 0 Å². The third kappa shape index (κ3) is 2.51. The molecule has 0 radical (unpaired) electrons. The van der Waals surface area contributed by atoms with Crippen LogP contribution >= 0.6 is 11.5 Å². The van der Waals surface area contributed by atoms with Gasteiger partial charge in [-0.05, 0) is 30.3 Å². The molecule has 1 rings (SSSR count). The summed E-state index contributed by atoms with van der Waals surface area (Å²) in [4.78, 5) is 0.952. The summed E-state index contributed by atoms with van der Waals surface area (Å²) in [5.41, 5.74) is 0.949. The van der Waals surface area contributed by atoms with Gasteiger partial charge in [0.05, 0.1) is 16.7 Å². The van der Waals surface area contributed by atoms with E-state index in [-0.39, 0.29) is 6.10 Å². The average Bonchev–Trinajstić information content (AvgIpc) is 2.64. The van der Waals surface area contributed by atoms with Crippen LogP contribution in [0.25, 0.3) is 0 Å². The highest BCUT2D eigenvalue weighted by Crippen LogP contribution is 2.29. The van der Waals surface area contributed by atoms with E-state index < -0.39 is 0 Å². The average molecular weight is 214 g/mol. The summed E-state index contributed by atoms with van der Waals surface area (Å²) in [6.07, 6.45) is 2.61. The van der Waals surface area contributed by atoms with Crippen LogP contribution in [-0.4, -0.2) is 14.7 Å². The Morgan fingerprint density at radius 2 is 2.14 bits per heavy atom. The topological polar surface area (TPSA) is 46.0 Å². The van der Waals surface area contributed by atoms with E-state index in [2.05, 4.69) is 23.4 Å². The fraction of sp³-hybridized carbons (Fsp3) is 0.800. The van der Waals surface area contributed by atoms with Gasteiger partial charge in [-0.3, -0.25) is 0 Å². The van der Waals surface area contributed by atoms with Crippen LogP contribution in [0.15, 0.2) is 0 Å². The molecule has 3 nitrogen and oxygen atoms in total. The minimum absolute atomic E-state index is 0.299. The molecule has 0 aromatic carbocycles. The Morgan fingerprint density at radius 1 is 1.43 bits per heavy atom. The first kappa shape index (κ1) is 11.6. The van der Waals surface area contributed by atoms with E-state index in [1.54, 1.807) is 0 Å². The van der Waals surface area contributed by atoms with Crippen molar-refractivity contribution in [1.82, 2.24) is 9.59 Å². The van der Waals surface area contributed by atoms with Crippen LogP contribution in [0.3, 0.4) is 0 Å². The summed E-state index contributed by atoms with van der Waals surface area (Å²) < 4.78 is 3.89. The van der Waals surface area contributed by atoms with Gasteiger partial charge in [0, 0.05) is 0 Å². The van der Waals surface area contributed by atoms with E-state index in [4.69, 9.17) is 0 Å². The lowest BCUT2D eigenvalue weighted by Crippen LogP contribution is -2.09. The molecule has 80 valence electrons. The number of aryl methyl sites for hydroxylation is 1. The van der Waals surface area contributed by atoms with Crippen LogP contribution in [0, 0.1) is 5.92 Å². The van der Waals surface area contributed by atoms with E-state index in [0.717, 1.165) is 29.8 Å². The Bertz CT molecular complexity index is 275. The highest BCUT2D eigenvalue weighted by atomic mass is 32.1. The van der Waals surface area contributed by atoms with Gasteiger partial charge in [-0.25, -0.2) is 0 Å². The first-order valence-electron chi connectivity index (χ1n) is 5.19. The van der Waals surface area contributed by atoms with Gasteiger partial charge in [-0.1, -0.05) is 31.7 Å². The molecule has 1 aromatic rings. The minimum Gasteiger partial charge on any atom is -0.387 e. The molecule has 0 saturated heterocycles. The molecule has 0 fully saturated rings. The number of hydrogen-bond acceptors (Lipinski definition) is 4. The largest absolute Gasteiger partial charge is 0.387 e. The number of hydrogen-bond donors (Lipinski definition) is 1. The fourth-order valence-electron chi connectivity index (χ4n) is 1.56. The molecule has 4 heteroatoms. The van der Waals surface area contributed by atoms with Gasteiger partial charge in [0.1, 0.15) is 0 Å². The number of aliphatic hydroxyl groups is 1. The molecule has 1 N–H and O–H groups in total. The van der Waals surface area contributed by atoms with Crippen molar-refractivity contribution in [3.05, 3.63) is 10.6 Å². The molecular formula is C10H18N2OS. The second-order valence-corrected chi connectivity index (χ2v) is 4.43. The van der Waals surface area contributed by atoms with Crippen molar-refractivity contribution < 1.29 is 5.11 Å². The van der Waals surface area contributed by atoms with Crippen molar-refractivity contribution in [2.24, 2.45) is 5.92 Å². The Balaban J connectivity index is 2.72. The van der Waals surface area contributed by atoms with Crippen LogP contribution < -0.4 is 0 Å². The quantitative estimate of drug-likeness (QED) is 0.819. The maximum Gasteiger partial charge on any atom is 0.0942 e. The summed E-state index contributed by atoms with van der Waals surface area (Å²) in [7, 11) is 0. The number of aliphatic hydroxyl groups excluding tert-OH is 1. The van der Waals surface area contributed by atoms with Crippen molar-refractivity contribution in [2.75, 3.05) is 0 Å². The Labute approximate surface area is 89.3 Å². The van der Waals surface area contributed by atoms with Crippen molar-refractivity contribution >= 4 is 11.5 Å². The van der Waals surface area contributed by atoms with Crippen molar-refractivity contribution in [2.45, 2.75) is 46.1 Å². The highest BCUT2D eigenvalue weighted by Gasteiger charge is 2.21. The maximum absolute atomic E-state index is 10.1. The lowest BCUT2D eigenvalue weighted by Gasteiger charge is -2.16. The number of aromatic nitrogens is 2. The molecule has 2 atom stereocenters. The highest BCUT2D eigenvalue weighted by molar-refractivity contribution is 7.05. The summed E-state index contributed by atoms with van der Waals surface area (Å²) in [6, 6.07) is 0. The zero-order valence-electron chi connectivity index (χ0n) is 9.03. The second-order valence-electron chi connectivity index (χ2n) is 3.65. The molecule has 0 amide bonds. The number of nitrogens with zero attached hydrogens (tertiary/aromatic N) is 2. The maximum atomic E-state index is 10.1. The SMILES string of the molecule is CCCC(C)C(O)c1snnc1CC. The first-order chi connectivity index (χ1) is 6.70. The molecule has 0 bridgehead atoms. The van der Waals surface area contributed by atoms with Gasteiger partial charge >= 0.3 is 0 Å². The van der Waals surface area contributed by atoms with Gasteiger partial charge in [0.25, 0.3) is 0 Å². The van der Waals surface area contributed by atoms with Crippen LogP contribution in [0.1, 0.15) is 50.3 Å². The number of rotatable bonds is 5. The molecule has 0 aliphatic carbocycles. The van der Waals surface area contributed by atoms with Gasteiger partial charge < -0.3 is 5.11 Å². The molecule has 1 heterocycles. The summed E-state index contributed by atoms with van der Waals surface area (Å²) in [5.74, 6) is 0.299. The molecule has 0 saturated carbocycles. The molecule has 0 spiro atoms. The van der Waals surface area contributed by atoms with Gasteiger partial charge in [-0.2, -0.15) is 0 Å². The standard InChI is InChI=1S/C10H18N2OS/c1-4-6-7(3)9(13)10-8(5-2)11-12-14-10/h7,9,13H,4-6H2,1-3H3. The van der Waals surface area contributed by atoms with E-state index in [1.165, 1.54) is 11.5 Å². The van der Waals surface area contributed by atoms with E-state index >= 15 is 0 Å². The molecule has 2 unspecified atom stereocenters. The second kappa shape index (κ2) is 5.41. The van der Waals surface area contributed by atoms with E-state index in [1.807, 2.05) is 6.92 Å². The van der Waals surface area contributed by atoms with Crippen LogP contribution in [-0.2, 0) is 6.42 Å². The summed E-state index contributed by atoms with van der Waals surface area (Å²) >= 11 is 1.33. The predicted molar refractivity (Wildman–Crippen MR) is 58.3 cm³/mol. The van der Waals surface area contributed by atoms with Crippen LogP contribution in [0.2, 0.25) is 0 Å². The smallest absolute Gasteiger partial charge is 0.0942 e. The molecule has 1 aromatic heterocycles. The van der Waals surface area contributed by atoms with Crippen molar-refractivity contribution in [3.63, 3.8) is 0 Å². The fourth-order valence-corrected chi connectivity index (χ4v) is 2.42. The third-order valence-corrected chi connectivity index (χ3v) is 3.31. The molecule has 0 aliphatic heterocycles. The monoisotopic (exact) mass is 214 g/mol. The molecule has 0 aliphatic rings. The zero-order chi connectivity index (χ0) is 10.6. The van der Waals surface area contributed by atoms with Crippen LogP contribution in [0.5, 0.6) is 0 Å². The van der Waals surface area contributed by atoms with E-state index in [9.17, 15) is 5.11 Å². The lowest BCUT2D eigenvalue weighted by molar-refractivity contribution is 0.115. The first-order valence-corrected chi connectivity index (χ1v) is 5.97. The third-order valence-electron chi connectivity index (χ3n) is 2.47. The van der Waals surface area contributed by atoms with Crippen LogP contribution in [0.4, 0.5) is 0 Å². The normalized spacial score (nSPS) is 15.4. The molecular weight excluding hydrogens is 196 g/mol. The molecule has 14 heavy (non-hydrogen) atoms. The van der Waals surface area contributed by atoms with Gasteiger partial charge in [-0.15, -0.1) is 5.10 Å². The predicted octanol–water partition coefficient (Wildman–Crippen LogP) is 2.57. The lowest BCUT2D eigenvalue weighted by atomic mass is 9.97. The van der Waals surface area contributed by atoms with E-state index in [0.29, 0.717) is 5.92 Å². The summed E-state index contributed by atoms with van der Waals surface area (Å²) in [6.45, 7) is 6.25.